The monoisotopic (exact) mass is 443 g/mol. The number of benzene rings is 2. The number of halogens is 1. The van der Waals surface area contributed by atoms with Crippen LogP contribution < -0.4 is 10.1 Å². The number of carbonyl (C=O) groups excluding carboxylic acids is 3. The number of nitrogens with one attached hydrogen (secondary N) is 1. The van der Waals surface area contributed by atoms with Crippen LogP contribution in [0.5, 0.6) is 5.75 Å². The van der Waals surface area contributed by atoms with Crippen LogP contribution in [0.25, 0.3) is 0 Å². The van der Waals surface area contributed by atoms with Crippen LogP contribution in [0.15, 0.2) is 54.7 Å². The lowest BCUT2D eigenvalue weighted by Gasteiger charge is -2.09. The zero-order valence-corrected chi connectivity index (χ0v) is 17.4. The Morgan fingerprint density at radius 3 is 2.29 bits per heavy atom. The highest BCUT2D eigenvalue weighted by Crippen LogP contribution is 2.19. The molecule has 0 aliphatic heterocycles. The molecule has 160 valence electrons. The van der Waals surface area contributed by atoms with Gasteiger partial charge in [-0.2, -0.15) is 5.10 Å². The summed E-state index contributed by atoms with van der Waals surface area (Å²) in [6.07, 6.45) is 1.57. The summed E-state index contributed by atoms with van der Waals surface area (Å²) in [6, 6.07) is 12.5. The fourth-order valence-corrected chi connectivity index (χ4v) is 2.80. The molecule has 2 aromatic carbocycles. The highest BCUT2D eigenvalue weighted by molar-refractivity contribution is 6.30. The molecule has 0 radical (unpaired) electrons. The van der Waals surface area contributed by atoms with Gasteiger partial charge >= 0.3 is 11.9 Å². The third kappa shape index (κ3) is 5.61. The smallest absolute Gasteiger partial charge is 0.337 e. The van der Waals surface area contributed by atoms with Gasteiger partial charge in [-0.3, -0.25) is 4.79 Å². The largest absolute Gasteiger partial charge is 0.471 e. The number of nitrogens with zero attached hydrogens (tertiary/aromatic N) is 2. The fraction of sp³-hybridized carbons (Fsp3) is 0.143. The van der Waals surface area contributed by atoms with E-state index in [9.17, 15) is 14.4 Å². The van der Waals surface area contributed by atoms with Gasteiger partial charge in [0.1, 0.15) is 5.75 Å². The molecule has 9 nitrogen and oxygen atoms in total. The molecule has 0 saturated heterocycles. The maximum absolute atomic E-state index is 12.6. The Hall–Kier alpha value is -3.85. The van der Waals surface area contributed by atoms with Crippen LogP contribution >= 0.6 is 11.6 Å². The van der Waals surface area contributed by atoms with Crippen molar-refractivity contribution in [3.8, 4) is 5.75 Å². The number of hydrogen-bond acceptors (Lipinski definition) is 7. The maximum Gasteiger partial charge on any atom is 0.337 e. The number of esters is 2. The summed E-state index contributed by atoms with van der Waals surface area (Å²) in [5.41, 5.74) is 0.484. The SMILES string of the molecule is COC(=O)c1cc(NC(=O)c2ccn(COc3cccc(Cl)c3)n2)cc(C(=O)OC)c1. The van der Waals surface area contributed by atoms with Crippen molar-refractivity contribution in [2.24, 2.45) is 0 Å². The first kappa shape index (κ1) is 21.8. The molecule has 3 aromatic rings. The van der Waals surface area contributed by atoms with Crippen LogP contribution in [0.2, 0.25) is 5.02 Å². The van der Waals surface area contributed by atoms with E-state index in [1.165, 1.54) is 43.2 Å². The Kier molecular flexibility index (Phi) is 6.88. The van der Waals surface area contributed by atoms with Crippen molar-refractivity contribution >= 4 is 35.1 Å². The van der Waals surface area contributed by atoms with Crippen LogP contribution in [0, 0.1) is 0 Å². The van der Waals surface area contributed by atoms with Gasteiger partial charge in [-0.15, -0.1) is 0 Å². The Balaban J connectivity index is 1.72. The molecule has 0 aliphatic carbocycles. The van der Waals surface area contributed by atoms with E-state index in [2.05, 4.69) is 19.9 Å². The normalized spacial score (nSPS) is 10.3. The van der Waals surface area contributed by atoms with E-state index in [0.29, 0.717) is 10.8 Å². The quantitative estimate of drug-likeness (QED) is 0.557. The highest BCUT2D eigenvalue weighted by Gasteiger charge is 2.16. The zero-order chi connectivity index (χ0) is 22.4. The Morgan fingerprint density at radius 2 is 1.68 bits per heavy atom. The predicted octanol–water partition coefficient (Wildman–Crippen LogP) is 3.40. The van der Waals surface area contributed by atoms with E-state index >= 15 is 0 Å². The summed E-state index contributed by atoms with van der Waals surface area (Å²) >= 11 is 5.92. The van der Waals surface area contributed by atoms with E-state index in [1.807, 2.05) is 0 Å². The summed E-state index contributed by atoms with van der Waals surface area (Å²) < 4.78 is 16.4. The summed E-state index contributed by atoms with van der Waals surface area (Å²) in [7, 11) is 2.42. The topological polar surface area (TPSA) is 109 Å². The van der Waals surface area contributed by atoms with Gasteiger partial charge in [0, 0.05) is 16.9 Å². The standard InChI is InChI=1S/C21H18ClN3O6/c1-29-20(27)13-8-14(21(28)30-2)10-16(9-13)23-19(26)18-6-7-25(24-18)12-31-17-5-3-4-15(22)11-17/h3-11H,12H2,1-2H3,(H,23,26). The number of anilines is 1. The second-order valence-electron chi connectivity index (χ2n) is 6.21. The van der Waals surface area contributed by atoms with Crippen molar-refractivity contribution in [1.82, 2.24) is 9.78 Å². The number of ether oxygens (including phenoxy) is 3. The van der Waals surface area contributed by atoms with Crippen LogP contribution in [-0.2, 0) is 16.2 Å². The second-order valence-corrected chi connectivity index (χ2v) is 6.64. The van der Waals surface area contributed by atoms with Crippen LogP contribution in [-0.4, -0.2) is 41.8 Å². The van der Waals surface area contributed by atoms with Crippen LogP contribution in [0.4, 0.5) is 5.69 Å². The molecule has 1 amide bonds. The fourth-order valence-electron chi connectivity index (χ4n) is 2.62. The van der Waals surface area contributed by atoms with Gasteiger partial charge in [0.05, 0.1) is 25.3 Å². The van der Waals surface area contributed by atoms with Crippen LogP contribution in [0.3, 0.4) is 0 Å². The molecule has 1 aromatic heterocycles. The molecule has 0 spiro atoms. The van der Waals surface area contributed by atoms with Crippen molar-refractivity contribution in [2.75, 3.05) is 19.5 Å². The lowest BCUT2D eigenvalue weighted by atomic mass is 10.1. The van der Waals surface area contributed by atoms with Crippen molar-refractivity contribution < 1.29 is 28.6 Å². The minimum absolute atomic E-state index is 0.0674. The number of hydrogen-bond donors (Lipinski definition) is 1. The second kappa shape index (κ2) is 9.77. The molecule has 10 heteroatoms. The van der Waals surface area contributed by atoms with E-state index < -0.39 is 17.8 Å². The Labute approximate surface area is 182 Å². The average molecular weight is 444 g/mol. The molecule has 0 aliphatic rings. The van der Waals surface area contributed by atoms with Gasteiger partial charge in [-0.1, -0.05) is 17.7 Å². The molecule has 31 heavy (non-hydrogen) atoms. The lowest BCUT2D eigenvalue weighted by molar-refractivity contribution is 0.0599. The van der Waals surface area contributed by atoms with E-state index in [-0.39, 0.29) is 29.2 Å². The molecule has 0 fully saturated rings. The first-order chi connectivity index (χ1) is 14.9. The summed E-state index contributed by atoms with van der Waals surface area (Å²) in [5, 5.41) is 7.30. The minimum atomic E-state index is -0.663. The number of aromatic nitrogens is 2. The minimum Gasteiger partial charge on any atom is -0.471 e. The maximum atomic E-state index is 12.6. The summed E-state index contributed by atoms with van der Waals surface area (Å²) in [6.45, 7) is 0.0674. The Bertz CT molecular complexity index is 1090. The van der Waals surface area contributed by atoms with Gasteiger partial charge in [0.25, 0.3) is 5.91 Å². The third-order valence-corrected chi connectivity index (χ3v) is 4.30. The predicted molar refractivity (Wildman–Crippen MR) is 111 cm³/mol. The number of rotatable bonds is 7. The van der Waals surface area contributed by atoms with Crippen molar-refractivity contribution in [3.63, 3.8) is 0 Å². The molecule has 3 rings (SSSR count). The molecular formula is C21H18ClN3O6. The van der Waals surface area contributed by atoms with E-state index in [0.717, 1.165) is 0 Å². The molecule has 1 N–H and O–H groups in total. The first-order valence-electron chi connectivity index (χ1n) is 8.94. The number of carbonyl (C=O) groups is 3. The first-order valence-corrected chi connectivity index (χ1v) is 9.32. The zero-order valence-electron chi connectivity index (χ0n) is 16.6. The van der Waals surface area contributed by atoms with Crippen LogP contribution in [0.1, 0.15) is 31.2 Å². The van der Waals surface area contributed by atoms with E-state index in [4.69, 9.17) is 16.3 Å². The summed E-state index contributed by atoms with van der Waals surface area (Å²) in [5.74, 6) is -1.31. The number of amides is 1. The number of methoxy groups -OCH3 is 2. The Morgan fingerprint density at radius 1 is 1.00 bits per heavy atom. The van der Waals surface area contributed by atoms with Gasteiger partial charge in [-0.05, 0) is 42.5 Å². The highest BCUT2D eigenvalue weighted by atomic mass is 35.5. The third-order valence-electron chi connectivity index (χ3n) is 4.07. The van der Waals surface area contributed by atoms with Gasteiger partial charge < -0.3 is 19.5 Å². The molecular weight excluding hydrogens is 426 g/mol. The van der Waals surface area contributed by atoms with Gasteiger partial charge in [0.15, 0.2) is 12.4 Å². The van der Waals surface area contributed by atoms with Crippen molar-refractivity contribution in [2.45, 2.75) is 6.73 Å². The molecule has 0 unspecified atom stereocenters. The molecule has 0 saturated carbocycles. The lowest BCUT2D eigenvalue weighted by Crippen LogP contribution is -2.16. The van der Waals surface area contributed by atoms with Gasteiger partial charge in [0.2, 0.25) is 0 Å². The molecule has 1 heterocycles. The average Bonchev–Trinajstić information content (AvgIpc) is 3.25. The van der Waals surface area contributed by atoms with Gasteiger partial charge in [-0.25, -0.2) is 14.3 Å². The molecule has 0 bridgehead atoms. The van der Waals surface area contributed by atoms with Crippen molar-refractivity contribution in [3.05, 3.63) is 76.6 Å². The van der Waals surface area contributed by atoms with Crippen molar-refractivity contribution in [1.29, 1.82) is 0 Å². The summed E-state index contributed by atoms with van der Waals surface area (Å²) in [4.78, 5) is 36.3. The molecule has 0 atom stereocenters. The van der Waals surface area contributed by atoms with E-state index in [1.54, 1.807) is 30.5 Å².